The maximum absolute atomic E-state index is 14.5. The molecule has 12 heteroatoms. The molecule has 5 rings (SSSR count). The Morgan fingerprint density at radius 3 is 2.38 bits per heavy atom. The summed E-state index contributed by atoms with van der Waals surface area (Å²) in [5.74, 6) is 1.35. The first-order chi connectivity index (χ1) is 23.1. The standard InChI is InChI=1S/C36H35Cl2N5O5/c1-5-27(44)14-13-22-9-8-12-26(16-22)40-35-39-19-25-21-42(33-31(37)29(47-3)18-30(48-4)32(33)38)36(46)43(34(25)41-35)20-24-11-7-10-23(15-24)17-28(45)6-2/h5,7-12,15-16,18-19H,1,6,13-14,17,20-21H2,2-4H3,(H,39,40,41). The quantitative estimate of drug-likeness (QED) is 0.133. The van der Waals surface area contributed by atoms with Crippen LogP contribution in [-0.4, -0.2) is 41.8 Å². The van der Waals surface area contributed by atoms with Crippen LogP contribution in [0.1, 0.15) is 42.0 Å². The molecule has 0 aliphatic carbocycles. The van der Waals surface area contributed by atoms with Crippen molar-refractivity contribution in [3.05, 3.63) is 106 Å². The maximum Gasteiger partial charge on any atom is 0.330 e. The number of ether oxygens (including phenoxy) is 2. The molecule has 0 bridgehead atoms. The van der Waals surface area contributed by atoms with Crippen LogP contribution in [0, 0.1) is 0 Å². The van der Waals surface area contributed by atoms with Gasteiger partial charge >= 0.3 is 6.03 Å². The molecule has 0 radical (unpaired) electrons. The Labute approximate surface area is 289 Å². The second-order valence-corrected chi connectivity index (χ2v) is 11.9. The van der Waals surface area contributed by atoms with Crippen molar-refractivity contribution in [2.45, 2.75) is 45.7 Å². The smallest absolute Gasteiger partial charge is 0.330 e. The number of nitrogens with one attached hydrogen (secondary N) is 1. The molecule has 0 spiro atoms. The predicted molar refractivity (Wildman–Crippen MR) is 188 cm³/mol. The van der Waals surface area contributed by atoms with Crippen molar-refractivity contribution >= 4 is 63.9 Å². The van der Waals surface area contributed by atoms with Gasteiger partial charge in [-0.1, -0.05) is 73.1 Å². The highest BCUT2D eigenvalue weighted by Crippen LogP contribution is 2.48. The van der Waals surface area contributed by atoms with E-state index in [2.05, 4.69) is 16.9 Å². The van der Waals surface area contributed by atoms with Crippen LogP contribution in [0.25, 0.3) is 0 Å². The van der Waals surface area contributed by atoms with E-state index in [4.69, 9.17) is 37.7 Å². The first kappa shape index (κ1) is 34.4. The van der Waals surface area contributed by atoms with Gasteiger partial charge in [-0.25, -0.2) is 9.78 Å². The molecular weight excluding hydrogens is 653 g/mol. The number of carbonyl (C=O) groups is 3. The highest BCUT2D eigenvalue weighted by molar-refractivity contribution is 6.42. The lowest BCUT2D eigenvalue weighted by molar-refractivity contribution is -0.118. The van der Waals surface area contributed by atoms with Crippen molar-refractivity contribution in [2.24, 2.45) is 0 Å². The fourth-order valence-electron chi connectivity index (χ4n) is 5.38. The van der Waals surface area contributed by atoms with Gasteiger partial charge < -0.3 is 14.8 Å². The lowest BCUT2D eigenvalue weighted by Crippen LogP contribution is -2.48. The van der Waals surface area contributed by atoms with Crippen LogP contribution in [0.3, 0.4) is 0 Å². The maximum atomic E-state index is 14.5. The van der Waals surface area contributed by atoms with Gasteiger partial charge in [0.25, 0.3) is 0 Å². The number of ketones is 2. The number of halogens is 2. The van der Waals surface area contributed by atoms with Gasteiger partial charge in [-0.3, -0.25) is 19.4 Å². The van der Waals surface area contributed by atoms with Gasteiger partial charge in [0.15, 0.2) is 5.78 Å². The van der Waals surface area contributed by atoms with Crippen molar-refractivity contribution < 1.29 is 23.9 Å². The molecule has 4 aromatic rings. The third kappa shape index (κ3) is 7.61. The van der Waals surface area contributed by atoms with Gasteiger partial charge in [-0.2, -0.15) is 4.98 Å². The molecule has 248 valence electrons. The number of hydrogen-bond donors (Lipinski definition) is 1. The number of Topliss-reactive ketones (excluding diaryl/α,β-unsaturated/α-hetero) is 1. The zero-order valence-electron chi connectivity index (χ0n) is 26.9. The number of rotatable bonds is 14. The van der Waals surface area contributed by atoms with Gasteiger partial charge in [0.1, 0.15) is 33.1 Å². The lowest BCUT2D eigenvalue weighted by atomic mass is 10.0. The Bertz CT molecular complexity index is 1850. The average molecular weight is 689 g/mol. The number of aromatic nitrogens is 2. The summed E-state index contributed by atoms with van der Waals surface area (Å²) < 4.78 is 10.9. The summed E-state index contributed by atoms with van der Waals surface area (Å²) in [6.07, 6.45) is 4.63. The fraction of sp³-hybridized carbons (Fsp3) is 0.250. The highest BCUT2D eigenvalue weighted by Gasteiger charge is 2.37. The van der Waals surface area contributed by atoms with Crippen LogP contribution >= 0.6 is 23.2 Å². The topological polar surface area (TPSA) is 114 Å². The summed E-state index contributed by atoms with van der Waals surface area (Å²) in [6, 6.07) is 16.3. The van der Waals surface area contributed by atoms with Gasteiger partial charge in [0.05, 0.1) is 33.0 Å². The number of carbonyl (C=O) groups excluding carboxylic acids is 3. The molecule has 2 heterocycles. The van der Waals surface area contributed by atoms with E-state index >= 15 is 0 Å². The number of nitrogens with zero attached hydrogens (tertiary/aromatic N) is 4. The Kier molecular flexibility index (Phi) is 11.0. The molecule has 3 aromatic carbocycles. The molecule has 2 amide bonds. The van der Waals surface area contributed by atoms with Crippen LogP contribution in [0.15, 0.2) is 73.4 Å². The number of benzene rings is 3. The number of aryl methyl sites for hydroxylation is 1. The first-order valence-electron chi connectivity index (χ1n) is 15.3. The molecule has 1 aromatic heterocycles. The van der Waals surface area contributed by atoms with Gasteiger partial charge in [0, 0.05) is 42.8 Å². The van der Waals surface area contributed by atoms with E-state index in [0.717, 1.165) is 22.4 Å². The summed E-state index contributed by atoms with van der Waals surface area (Å²) in [5.41, 5.74) is 4.21. The number of allylic oxidation sites excluding steroid dienone is 1. The number of hydrogen-bond acceptors (Lipinski definition) is 8. The van der Waals surface area contributed by atoms with Crippen molar-refractivity contribution in [1.29, 1.82) is 0 Å². The Hall–Kier alpha value is -4.93. The molecule has 0 fully saturated rings. The normalized spacial score (nSPS) is 12.4. The summed E-state index contributed by atoms with van der Waals surface area (Å²) in [4.78, 5) is 50.7. The van der Waals surface area contributed by atoms with E-state index < -0.39 is 6.03 Å². The van der Waals surface area contributed by atoms with Crippen LogP contribution in [0.2, 0.25) is 10.0 Å². The molecule has 1 N–H and O–H groups in total. The second-order valence-electron chi connectivity index (χ2n) is 11.1. The second kappa shape index (κ2) is 15.3. The lowest BCUT2D eigenvalue weighted by Gasteiger charge is -2.37. The fourth-order valence-corrected chi connectivity index (χ4v) is 6.09. The largest absolute Gasteiger partial charge is 0.495 e. The summed E-state index contributed by atoms with van der Waals surface area (Å²) in [7, 11) is 2.93. The molecule has 0 unspecified atom stereocenters. The minimum atomic E-state index is -0.435. The van der Waals surface area contributed by atoms with E-state index in [1.165, 1.54) is 30.1 Å². The number of amides is 2. The van der Waals surface area contributed by atoms with E-state index in [0.29, 0.717) is 48.6 Å². The predicted octanol–water partition coefficient (Wildman–Crippen LogP) is 7.90. The van der Waals surface area contributed by atoms with Gasteiger partial charge in [-0.15, -0.1) is 0 Å². The van der Waals surface area contributed by atoms with E-state index in [-0.39, 0.29) is 46.3 Å². The minimum absolute atomic E-state index is 0.0253. The summed E-state index contributed by atoms with van der Waals surface area (Å²) >= 11 is 13.5. The van der Waals surface area contributed by atoms with Crippen molar-refractivity contribution in [2.75, 3.05) is 29.3 Å². The molecule has 48 heavy (non-hydrogen) atoms. The first-order valence-corrected chi connectivity index (χ1v) is 16.1. The van der Waals surface area contributed by atoms with Crippen LogP contribution in [0.4, 0.5) is 27.9 Å². The van der Waals surface area contributed by atoms with Crippen molar-refractivity contribution in [1.82, 2.24) is 9.97 Å². The number of anilines is 4. The number of methoxy groups -OCH3 is 2. The monoisotopic (exact) mass is 687 g/mol. The Balaban J connectivity index is 1.54. The zero-order valence-corrected chi connectivity index (χ0v) is 28.4. The minimum Gasteiger partial charge on any atom is -0.495 e. The Morgan fingerprint density at radius 2 is 1.69 bits per heavy atom. The third-order valence-corrected chi connectivity index (χ3v) is 8.64. The van der Waals surface area contributed by atoms with Crippen LogP contribution < -0.4 is 24.6 Å². The zero-order chi connectivity index (χ0) is 34.4. The van der Waals surface area contributed by atoms with Crippen LogP contribution in [0.5, 0.6) is 11.5 Å². The number of fused-ring (bicyclic) bond motifs is 1. The molecular formula is C36H35Cl2N5O5. The van der Waals surface area contributed by atoms with Gasteiger partial charge in [0.2, 0.25) is 5.95 Å². The number of urea groups is 1. The summed E-state index contributed by atoms with van der Waals surface area (Å²) in [5, 5.41) is 3.53. The van der Waals surface area contributed by atoms with Crippen LogP contribution in [-0.2, 0) is 35.5 Å². The summed E-state index contributed by atoms with van der Waals surface area (Å²) in [6.45, 7) is 5.57. The third-order valence-electron chi connectivity index (χ3n) is 7.91. The Morgan fingerprint density at radius 1 is 1.00 bits per heavy atom. The average Bonchev–Trinajstić information content (AvgIpc) is 3.09. The van der Waals surface area contributed by atoms with E-state index in [9.17, 15) is 14.4 Å². The van der Waals surface area contributed by atoms with Gasteiger partial charge in [-0.05, 0) is 41.3 Å². The van der Waals surface area contributed by atoms with E-state index in [1.54, 1.807) is 12.3 Å². The van der Waals surface area contributed by atoms with Crippen molar-refractivity contribution in [3.8, 4) is 11.5 Å². The van der Waals surface area contributed by atoms with E-state index in [1.807, 2.05) is 55.5 Å². The molecule has 0 saturated heterocycles. The molecule has 1 aliphatic heterocycles. The highest BCUT2D eigenvalue weighted by atomic mass is 35.5. The van der Waals surface area contributed by atoms with Crippen molar-refractivity contribution in [3.63, 3.8) is 0 Å². The molecule has 0 atom stereocenters. The molecule has 0 saturated carbocycles. The molecule has 1 aliphatic rings. The molecule has 10 nitrogen and oxygen atoms in total. The SMILES string of the molecule is C=CC(=O)CCc1cccc(Nc2ncc3c(n2)N(Cc2cccc(CC(=O)CC)c2)C(=O)N(c2c(Cl)c(OC)cc(OC)c2Cl)C3)c1.